The summed E-state index contributed by atoms with van der Waals surface area (Å²) in [7, 11) is -3.64. The lowest BCUT2D eigenvalue weighted by Gasteiger charge is -2.27. The molecule has 9 heteroatoms. The van der Waals surface area contributed by atoms with Gasteiger partial charge in [0.15, 0.2) is 0 Å². The number of benzene rings is 1. The number of hydrogen-bond donors (Lipinski definition) is 2. The van der Waals surface area contributed by atoms with E-state index in [-0.39, 0.29) is 29.3 Å². The first kappa shape index (κ1) is 23.8. The fraction of sp³-hybridized carbons (Fsp3) is 0.611. The molecule has 1 aromatic rings. The minimum atomic E-state index is -3.64. The van der Waals surface area contributed by atoms with Crippen molar-refractivity contribution in [2.75, 3.05) is 39.4 Å². The number of carbonyl (C=O) groups excluding carboxylic acids is 1. The van der Waals surface area contributed by atoms with Gasteiger partial charge in [0.1, 0.15) is 0 Å². The Bertz CT molecular complexity index is 721. The van der Waals surface area contributed by atoms with Gasteiger partial charge in [0.25, 0.3) is 5.91 Å². The highest BCUT2D eigenvalue weighted by Gasteiger charge is 2.29. The van der Waals surface area contributed by atoms with Crippen LogP contribution in [-0.2, 0) is 21.2 Å². The number of hydrogen-bond acceptors (Lipinski definition) is 5. The fourth-order valence-corrected chi connectivity index (χ4v) is 4.65. The van der Waals surface area contributed by atoms with Crippen LogP contribution in [0.1, 0.15) is 36.7 Å². The van der Waals surface area contributed by atoms with Crippen molar-refractivity contribution in [3.63, 3.8) is 0 Å². The second kappa shape index (κ2) is 11.0. The minimum Gasteiger partial charge on any atom is -0.379 e. The maximum atomic E-state index is 13.0. The summed E-state index contributed by atoms with van der Waals surface area (Å²) in [6.07, 6.45) is 0.582. The summed E-state index contributed by atoms with van der Waals surface area (Å²) in [5, 5.41) is 6.07. The molecule has 1 atom stereocenters. The highest BCUT2D eigenvalue weighted by molar-refractivity contribution is 7.89. The highest BCUT2D eigenvalue weighted by Crippen LogP contribution is 2.23. The third-order valence-electron chi connectivity index (χ3n) is 4.42. The van der Waals surface area contributed by atoms with Gasteiger partial charge < -0.3 is 15.4 Å². The van der Waals surface area contributed by atoms with Crippen molar-refractivity contribution in [1.29, 1.82) is 0 Å². The molecule has 154 valence electrons. The van der Waals surface area contributed by atoms with Gasteiger partial charge in [-0.25, -0.2) is 8.42 Å². The molecule has 1 aromatic carbocycles. The Labute approximate surface area is 168 Å². The Hall–Kier alpha value is -1.19. The summed E-state index contributed by atoms with van der Waals surface area (Å²) in [6, 6.07) is 5.06. The molecule has 7 nitrogen and oxygen atoms in total. The Kier molecular flexibility index (Phi) is 9.69. The van der Waals surface area contributed by atoms with E-state index in [9.17, 15) is 13.2 Å². The van der Waals surface area contributed by atoms with Gasteiger partial charge >= 0.3 is 0 Å². The lowest BCUT2D eigenvalue weighted by atomic mass is 10.1. The average molecular weight is 420 g/mol. The molecular weight excluding hydrogens is 390 g/mol. The molecule has 0 unspecified atom stereocenters. The van der Waals surface area contributed by atoms with Crippen molar-refractivity contribution >= 4 is 28.3 Å². The number of sulfonamides is 1. The van der Waals surface area contributed by atoms with Gasteiger partial charge in [0.05, 0.1) is 18.1 Å². The van der Waals surface area contributed by atoms with Crippen molar-refractivity contribution in [2.45, 2.75) is 38.1 Å². The van der Waals surface area contributed by atoms with E-state index < -0.39 is 10.0 Å². The van der Waals surface area contributed by atoms with Gasteiger partial charge in [-0.3, -0.25) is 4.79 Å². The molecule has 2 N–H and O–H groups in total. The summed E-state index contributed by atoms with van der Waals surface area (Å²) in [6.45, 7) is 8.66. The first-order chi connectivity index (χ1) is 12.4. The zero-order chi connectivity index (χ0) is 19.2. The molecule has 0 bridgehead atoms. The number of nitrogens with zero attached hydrogens (tertiary/aromatic N) is 1. The van der Waals surface area contributed by atoms with E-state index in [1.165, 1.54) is 10.4 Å². The molecule has 1 aliphatic heterocycles. The molecule has 1 heterocycles. The largest absolute Gasteiger partial charge is 0.379 e. The molecule has 0 aromatic heterocycles. The van der Waals surface area contributed by atoms with Gasteiger partial charge in [-0.15, -0.1) is 12.4 Å². The number of rotatable bonds is 8. The van der Waals surface area contributed by atoms with E-state index in [1.54, 1.807) is 12.1 Å². The molecule has 27 heavy (non-hydrogen) atoms. The van der Waals surface area contributed by atoms with Crippen LogP contribution in [0.4, 0.5) is 0 Å². The highest BCUT2D eigenvalue weighted by atomic mass is 35.5. The van der Waals surface area contributed by atoms with Crippen LogP contribution >= 0.6 is 12.4 Å². The van der Waals surface area contributed by atoms with Gasteiger partial charge in [-0.1, -0.05) is 19.9 Å². The molecule has 1 saturated heterocycles. The van der Waals surface area contributed by atoms with Gasteiger partial charge in [-0.2, -0.15) is 4.31 Å². The quantitative estimate of drug-likeness (QED) is 0.665. The third kappa shape index (κ3) is 6.15. The van der Waals surface area contributed by atoms with E-state index in [0.717, 1.165) is 6.54 Å². The minimum absolute atomic E-state index is 0. The molecule has 0 aliphatic carbocycles. The van der Waals surface area contributed by atoms with E-state index >= 15 is 0 Å². The fourth-order valence-electron chi connectivity index (χ4n) is 2.92. The van der Waals surface area contributed by atoms with Crippen LogP contribution in [0.2, 0.25) is 0 Å². The average Bonchev–Trinajstić information content (AvgIpc) is 2.66. The second-order valence-electron chi connectivity index (χ2n) is 6.36. The first-order valence-electron chi connectivity index (χ1n) is 9.12. The second-order valence-corrected chi connectivity index (χ2v) is 8.27. The maximum absolute atomic E-state index is 13.0. The van der Waals surface area contributed by atoms with Crippen LogP contribution in [-0.4, -0.2) is 64.1 Å². The van der Waals surface area contributed by atoms with Crippen molar-refractivity contribution in [1.82, 2.24) is 14.9 Å². The monoisotopic (exact) mass is 419 g/mol. The van der Waals surface area contributed by atoms with Crippen molar-refractivity contribution in [2.24, 2.45) is 0 Å². The summed E-state index contributed by atoms with van der Waals surface area (Å²) >= 11 is 0. The number of ether oxygens (including phenoxy) is 1. The van der Waals surface area contributed by atoms with E-state index in [2.05, 4.69) is 10.6 Å². The van der Waals surface area contributed by atoms with Crippen LogP contribution in [0.3, 0.4) is 0 Å². The van der Waals surface area contributed by atoms with Crippen molar-refractivity contribution in [3.8, 4) is 0 Å². The molecule has 1 fully saturated rings. The predicted molar refractivity (Wildman–Crippen MR) is 108 cm³/mol. The lowest BCUT2D eigenvalue weighted by Crippen LogP contribution is -2.41. The smallest absolute Gasteiger partial charge is 0.251 e. The standard InChI is InChI=1S/C18H29N3O4S.ClH/c1-4-15-6-7-16(18(22)20-13-14(3)19-5-2)12-17(15)26(23,24)21-8-10-25-11-9-21;/h6-7,12,14,19H,4-5,8-11,13H2,1-3H3,(H,20,22);1H/t14-;/m1./s1. The number of halogens is 1. The zero-order valence-corrected chi connectivity index (χ0v) is 17.8. The van der Waals surface area contributed by atoms with Crippen molar-refractivity contribution in [3.05, 3.63) is 29.3 Å². The zero-order valence-electron chi connectivity index (χ0n) is 16.2. The Morgan fingerprint density at radius 2 is 1.93 bits per heavy atom. The number of morpholine rings is 1. The van der Waals surface area contributed by atoms with Crippen LogP contribution in [0.5, 0.6) is 0 Å². The molecule has 0 radical (unpaired) electrons. The molecular formula is C18H30ClN3O4S. The Morgan fingerprint density at radius 1 is 1.26 bits per heavy atom. The van der Waals surface area contributed by atoms with Crippen LogP contribution in [0.25, 0.3) is 0 Å². The molecule has 1 amide bonds. The summed E-state index contributed by atoms with van der Waals surface area (Å²) < 4.78 is 32.7. The molecule has 0 spiro atoms. The molecule has 2 rings (SSSR count). The van der Waals surface area contributed by atoms with Crippen LogP contribution in [0, 0.1) is 0 Å². The lowest BCUT2D eigenvalue weighted by molar-refractivity contribution is 0.0730. The Balaban J connectivity index is 0.00000364. The van der Waals surface area contributed by atoms with Crippen LogP contribution in [0.15, 0.2) is 23.1 Å². The van der Waals surface area contributed by atoms with E-state index in [4.69, 9.17) is 4.74 Å². The van der Waals surface area contributed by atoms with Crippen LogP contribution < -0.4 is 10.6 Å². The van der Waals surface area contributed by atoms with E-state index in [1.807, 2.05) is 20.8 Å². The third-order valence-corrected chi connectivity index (χ3v) is 6.40. The number of carbonyl (C=O) groups is 1. The summed E-state index contributed by atoms with van der Waals surface area (Å²) in [5.74, 6) is -0.268. The van der Waals surface area contributed by atoms with E-state index in [0.29, 0.717) is 50.4 Å². The molecule has 0 saturated carbocycles. The summed E-state index contributed by atoms with van der Waals surface area (Å²) in [5.41, 5.74) is 1.08. The topological polar surface area (TPSA) is 87.7 Å². The van der Waals surface area contributed by atoms with Crippen molar-refractivity contribution < 1.29 is 17.9 Å². The van der Waals surface area contributed by atoms with Gasteiger partial charge in [-0.05, 0) is 37.6 Å². The summed E-state index contributed by atoms with van der Waals surface area (Å²) in [4.78, 5) is 12.7. The van der Waals surface area contributed by atoms with Gasteiger partial charge in [0, 0.05) is 31.2 Å². The first-order valence-corrected chi connectivity index (χ1v) is 10.6. The van der Waals surface area contributed by atoms with Gasteiger partial charge in [0.2, 0.25) is 10.0 Å². The predicted octanol–water partition coefficient (Wildman–Crippen LogP) is 1.42. The molecule has 1 aliphatic rings. The SMILES string of the molecule is CCN[C@H](C)CNC(=O)c1ccc(CC)c(S(=O)(=O)N2CCOCC2)c1.Cl. The Morgan fingerprint density at radius 3 is 2.52 bits per heavy atom. The number of aryl methyl sites for hydroxylation is 1. The maximum Gasteiger partial charge on any atom is 0.251 e. The number of nitrogens with one attached hydrogen (secondary N) is 2. The normalized spacial score (nSPS) is 16.4. The number of amides is 1. The number of likely N-dealkylation sites (N-methyl/N-ethyl adjacent to an activating group) is 1.